The molecular weight excluding hydrogens is 258 g/mol. The Morgan fingerprint density at radius 1 is 1.35 bits per heavy atom. The summed E-state index contributed by atoms with van der Waals surface area (Å²) in [5.74, 6) is -2.44. The fraction of sp³-hybridized carbons (Fsp3) is 0.333. The molecule has 0 saturated heterocycles. The maximum absolute atomic E-state index is 11.0. The van der Waals surface area contributed by atoms with Gasteiger partial charge in [0, 0.05) is 18.8 Å². The molecule has 0 aliphatic heterocycles. The summed E-state index contributed by atoms with van der Waals surface area (Å²) in [6.07, 6.45) is 0. The molecule has 0 heterocycles. The first-order valence-corrected chi connectivity index (χ1v) is 6.26. The maximum Gasteiger partial charge on any atom is 0.335 e. The quantitative estimate of drug-likeness (QED) is 0.749. The molecule has 0 aliphatic carbocycles. The number of rotatable bonds is 7. The van der Waals surface area contributed by atoms with Gasteiger partial charge in [-0.05, 0) is 25.1 Å². The van der Waals surface area contributed by atoms with Crippen LogP contribution in [0.15, 0.2) is 36.4 Å². The van der Waals surface area contributed by atoms with E-state index in [0.29, 0.717) is 18.8 Å². The normalized spacial score (nSPS) is 11.7. The van der Waals surface area contributed by atoms with Gasteiger partial charge in [-0.1, -0.05) is 25.1 Å². The topological polar surface area (TPSA) is 77.8 Å². The second kappa shape index (κ2) is 6.75. The molecule has 1 rings (SSSR count). The Hall–Kier alpha value is -2.30. The molecule has 0 saturated carbocycles. The van der Waals surface area contributed by atoms with E-state index >= 15 is 0 Å². The van der Waals surface area contributed by atoms with Crippen molar-refractivity contribution in [3.63, 3.8) is 0 Å². The van der Waals surface area contributed by atoms with E-state index in [1.807, 2.05) is 11.8 Å². The molecule has 2 N–H and O–H groups in total. The van der Waals surface area contributed by atoms with E-state index in [1.165, 1.54) is 6.07 Å². The Bertz CT molecular complexity index is 524. The fourth-order valence-corrected chi connectivity index (χ4v) is 1.83. The van der Waals surface area contributed by atoms with E-state index < -0.39 is 17.9 Å². The number of aromatic carboxylic acids is 1. The number of carboxylic acid groups (broad SMARTS) is 2. The van der Waals surface area contributed by atoms with Crippen molar-refractivity contribution >= 4 is 17.6 Å². The van der Waals surface area contributed by atoms with Gasteiger partial charge in [0.05, 0.1) is 11.5 Å². The lowest BCUT2D eigenvalue weighted by atomic mass is 10.1. The zero-order valence-corrected chi connectivity index (χ0v) is 11.7. The van der Waals surface area contributed by atoms with Gasteiger partial charge in [0.2, 0.25) is 0 Å². The molecule has 0 aromatic heterocycles. The van der Waals surface area contributed by atoms with E-state index in [9.17, 15) is 9.59 Å². The Labute approximate surface area is 118 Å². The Balaban J connectivity index is 3.03. The fourth-order valence-electron chi connectivity index (χ4n) is 1.83. The number of hydrogen-bond donors (Lipinski definition) is 2. The predicted molar refractivity (Wildman–Crippen MR) is 77.2 cm³/mol. The van der Waals surface area contributed by atoms with Gasteiger partial charge < -0.3 is 15.1 Å². The minimum absolute atomic E-state index is 0.178. The highest BCUT2D eigenvalue weighted by molar-refractivity contribution is 5.88. The zero-order chi connectivity index (χ0) is 15.3. The van der Waals surface area contributed by atoms with E-state index in [4.69, 9.17) is 10.2 Å². The van der Waals surface area contributed by atoms with Crippen molar-refractivity contribution < 1.29 is 19.8 Å². The predicted octanol–water partition coefficient (Wildman–Crippen LogP) is 2.49. The summed E-state index contributed by atoms with van der Waals surface area (Å²) >= 11 is 0. The van der Waals surface area contributed by atoms with Crippen LogP contribution in [-0.2, 0) is 4.79 Å². The van der Waals surface area contributed by atoms with Crippen molar-refractivity contribution in [2.45, 2.75) is 13.8 Å². The van der Waals surface area contributed by atoms with Crippen LogP contribution >= 0.6 is 0 Å². The lowest BCUT2D eigenvalue weighted by molar-refractivity contribution is -0.140. The molecule has 1 aromatic rings. The molecule has 0 aliphatic rings. The second-order valence-electron chi connectivity index (χ2n) is 4.93. The maximum atomic E-state index is 11.0. The molecule has 1 aromatic carbocycles. The van der Waals surface area contributed by atoms with Gasteiger partial charge in [0.25, 0.3) is 0 Å². The summed E-state index contributed by atoms with van der Waals surface area (Å²) in [7, 11) is 0. The van der Waals surface area contributed by atoms with Crippen molar-refractivity contribution in [2.75, 3.05) is 18.0 Å². The molecule has 0 fully saturated rings. The smallest absolute Gasteiger partial charge is 0.335 e. The number of benzene rings is 1. The van der Waals surface area contributed by atoms with Crippen molar-refractivity contribution in [1.82, 2.24) is 0 Å². The standard InChI is InChI=1S/C15H19NO4/c1-10(2)8-16(9-11(3)14(17)18)13-6-4-5-12(7-13)15(19)20/h4-7,11H,1,8-9H2,2-3H3,(H,17,18)(H,19,20). The number of aliphatic carboxylic acids is 1. The first-order valence-electron chi connectivity index (χ1n) is 6.26. The van der Waals surface area contributed by atoms with E-state index in [-0.39, 0.29) is 5.56 Å². The van der Waals surface area contributed by atoms with Gasteiger partial charge in [-0.15, -0.1) is 0 Å². The number of nitrogens with zero attached hydrogens (tertiary/aromatic N) is 1. The summed E-state index contributed by atoms with van der Waals surface area (Å²) in [4.78, 5) is 23.8. The monoisotopic (exact) mass is 277 g/mol. The lowest BCUT2D eigenvalue weighted by Gasteiger charge is -2.27. The average molecular weight is 277 g/mol. The van der Waals surface area contributed by atoms with E-state index in [1.54, 1.807) is 25.1 Å². The lowest BCUT2D eigenvalue weighted by Crippen LogP contribution is -2.33. The van der Waals surface area contributed by atoms with Gasteiger partial charge in [-0.3, -0.25) is 4.79 Å². The summed E-state index contributed by atoms with van der Waals surface area (Å²) in [5.41, 5.74) is 1.74. The van der Waals surface area contributed by atoms with Crippen LogP contribution in [0.3, 0.4) is 0 Å². The van der Waals surface area contributed by atoms with Crippen molar-refractivity contribution in [3.8, 4) is 0 Å². The number of hydrogen-bond acceptors (Lipinski definition) is 3. The van der Waals surface area contributed by atoms with E-state index in [0.717, 1.165) is 5.57 Å². The number of carboxylic acids is 2. The Morgan fingerprint density at radius 2 is 2.00 bits per heavy atom. The molecule has 0 radical (unpaired) electrons. The Morgan fingerprint density at radius 3 is 2.50 bits per heavy atom. The third kappa shape index (κ3) is 4.42. The first-order chi connectivity index (χ1) is 9.31. The largest absolute Gasteiger partial charge is 0.481 e. The number of anilines is 1. The van der Waals surface area contributed by atoms with Gasteiger partial charge in [-0.2, -0.15) is 0 Å². The summed E-state index contributed by atoms with van der Waals surface area (Å²) < 4.78 is 0. The second-order valence-corrected chi connectivity index (χ2v) is 4.93. The van der Waals surface area contributed by atoms with Crippen LogP contribution < -0.4 is 4.90 Å². The summed E-state index contributed by atoms with van der Waals surface area (Å²) in [6, 6.07) is 6.46. The van der Waals surface area contributed by atoms with Gasteiger partial charge in [-0.25, -0.2) is 4.79 Å². The van der Waals surface area contributed by atoms with Gasteiger partial charge in [0.15, 0.2) is 0 Å². The summed E-state index contributed by atoms with van der Waals surface area (Å²) in [6.45, 7) is 8.07. The molecule has 1 atom stereocenters. The van der Waals surface area contributed by atoms with Crippen molar-refractivity contribution in [3.05, 3.63) is 42.0 Å². The highest BCUT2D eigenvalue weighted by Crippen LogP contribution is 2.19. The molecule has 1 unspecified atom stereocenters. The molecule has 0 amide bonds. The molecule has 0 bridgehead atoms. The van der Waals surface area contributed by atoms with Crippen LogP contribution in [0.4, 0.5) is 5.69 Å². The molecule has 0 spiro atoms. The Kier molecular flexibility index (Phi) is 5.32. The number of carbonyl (C=O) groups is 2. The van der Waals surface area contributed by atoms with Crippen LogP contribution in [0, 0.1) is 5.92 Å². The van der Waals surface area contributed by atoms with Crippen LogP contribution in [0.5, 0.6) is 0 Å². The molecule has 5 nitrogen and oxygen atoms in total. The minimum Gasteiger partial charge on any atom is -0.481 e. The zero-order valence-electron chi connectivity index (χ0n) is 11.7. The minimum atomic E-state index is -1.01. The highest BCUT2D eigenvalue weighted by atomic mass is 16.4. The van der Waals surface area contributed by atoms with Crippen LogP contribution in [0.2, 0.25) is 0 Å². The molecular formula is C15H19NO4. The molecule has 108 valence electrons. The third-order valence-corrected chi connectivity index (χ3v) is 2.83. The van der Waals surface area contributed by atoms with Crippen molar-refractivity contribution in [2.24, 2.45) is 5.92 Å². The van der Waals surface area contributed by atoms with Crippen LogP contribution in [0.25, 0.3) is 0 Å². The van der Waals surface area contributed by atoms with Crippen molar-refractivity contribution in [1.29, 1.82) is 0 Å². The molecule has 20 heavy (non-hydrogen) atoms. The van der Waals surface area contributed by atoms with E-state index in [2.05, 4.69) is 6.58 Å². The van der Waals surface area contributed by atoms with Crippen LogP contribution in [-0.4, -0.2) is 35.2 Å². The summed E-state index contributed by atoms with van der Waals surface area (Å²) in [5, 5.41) is 18.0. The highest BCUT2D eigenvalue weighted by Gasteiger charge is 2.17. The third-order valence-electron chi connectivity index (χ3n) is 2.83. The SMILES string of the molecule is C=C(C)CN(CC(C)C(=O)O)c1cccc(C(=O)O)c1. The van der Waals surface area contributed by atoms with Gasteiger partial charge in [0.1, 0.15) is 0 Å². The van der Waals surface area contributed by atoms with Crippen LogP contribution in [0.1, 0.15) is 24.2 Å². The first kappa shape index (κ1) is 15.8. The van der Waals surface area contributed by atoms with Gasteiger partial charge >= 0.3 is 11.9 Å². The average Bonchev–Trinajstić information content (AvgIpc) is 2.37. The molecule has 5 heteroatoms.